The summed E-state index contributed by atoms with van der Waals surface area (Å²) in [6.45, 7) is 4.32. The normalized spacial score (nSPS) is 16.9. The van der Waals surface area contributed by atoms with Crippen molar-refractivity contribution in [1.29, 1.82) is 0 Å². The first kappa shape index (κ1) is 16.4. The number of rotatable bonds is 3. The highest BCUT2D eigenvalue weighted by Crippen LogP contribution is 2.33. The molecule has 0 fully saturated rings. The van der Waals surface area contributed by atoms with Gasteiger partial charge in [0.1, 0.15) is 17.7 Å². The monoisotopic (exact) mass is 351 g/mol. The fraction of sp³-hybridized carbons (Fsp3) is 0.316. The third-order valence-corrected chi connectivity index (χ3v) is 4.98. The van der Waals surface area contributed by atoms with E-state index < -0.39 is 0 Å². The van der Waals surface area contributed by atoms with Crippen LogP contribution in [0.15, 0.2) is 52.3 Å². The molecule has 0 saturated heterocycles. The van der Waals surface area contributed by atoms with Crippen LogP contribution in [0.2, 0.25) is 0 Å². The molecular formula is C19H21N5O2. The van der Waals surface area contributed by atoms with Gasteiger partial charge in [0.25, 0.3) is 5.91 Å². The van der Waals surface area contributed by atoms with Crippen LogP contribution in [0.1, 0.15) is 25.6 Å². The number of furan rings is 1. The molecule has 1 aromatic carbocycles. The zero-order chi connectivity index (χ0) is 18.4. The van der Waals surface area contributed by atoms with Crippen molar-refractivity contribution >= 4 is 22.8 Å². The summed E-state index contributed by atoms with van der Waals surface area (Å²) in [6, 6.07) is 9.65. The van der Waals surface area contributed by atoms with Gasteiger partial charge >= 0.3 is 0 Å². The van der Waals surface area contributed by atoms with Crippen LogP contribution in [0, 0.1) is 0 Å². The minimum absolute atomic E-state index is 0.0385. The quantitative estimate of drug-likeness (QED) is 0.726. The number of likely N-dealkylation sites (N-methyl/N-ethyl adjacent to an activating group) is 1. The summed E-state index contributed by atoms with van der Waals surface area (Å²) >= 11 is 0. The molecule has 0 bridgehead atoms. The van der Waals surface area contributed by atoms with Crippen molar-refractivity contribution in [2.45, 2.75) is 26.4 Å². The number of benzene rings is 1. The molecule has 0 aliphatic carbocycles. The molecule has 2 aromatic heterocycles. The molecule has 26 heavy (non-hydrogen) atoms. The predicted octanol–water partition coefficient (Wildman–Crippen LogP) is 2.97. The maximum atomic E-state index is 13.2. The molecule has 1 unspecified atom stereocenters. The summed E-state index contributed by atoms with van der Waals surface area (Å²) in [5, 5.41) is 5.31. The van der Waals surface area contributed by atoms with E-state index in [0.29, 0.717) is 12.1 Å². The Bertz CT molecular complexity index is 983. The van der Waals surface area contributed by atoms with Crippen LogP contribution in [-0.4, -0.2) is 39.7 Å². The van der Waals surface area contributed by atoms with Crippen molar-refractivity contribution in [2.75, 3.05) is 19.0 Å². The molecule has 4 rings (SSSR count). The number of fused-ring (bicyclic) bond motifs is 2. The van der Waals surface area contributed by atoms with Gasteiger partial charge in [-0.05, 0) is 26.0 Å². The number of amides is 1. The van der Waals surface area contributed by atoms with Gasteiger partial charge in [-0.15, -0.1) is 0 Å². The van der Waals surface area contributed by atoms with Crippen LogP contribution >= 0.6 is 0 Å². The van der Waals surface area contributed by atoms with E-state index in [-0.39, 0.29) is 11.9 Å². The first-order valence-corrected chi connectivity index (χ1v) is 8.54. The largest absolute Gasteiger partial charge is 0.459 e. The van der Waals surface area contributed by atoms with E-state index in [1.54, 1.807) is 16.6 Å². The van der Waals surface area contributed by atoms with Gasteiger partial charge in [-0.1, -0.05) is 18.2 Å². The minimum atomic E-state index is -0.172. The van der Waals surface area contributed by atoms with Crippen molar-refractivity contribution in [1.82, 2.24) is 19.7 Å². The lowest BCUT2D eigenvalue weighted by atomic mass is 10.0. The average Bonchev–Trinajstić information content (AvgIpc) is 3.26. The fourth-order valence-electron chi connectivity index (χ4n) is 3.47. The highest BCUT2D eigenvalue weighted by atomic mass is 16.3. The van der Waals surface area contributed by atoms with Gasteiger partial charge in [0, 0.05) is 25.2 Å². The molecule has 7 nitrogen and oxygen atoms in total. The van der Waals surface area contributed by atoms with Crippen LogP contribution in [0.4, 0.5) is 5.95 Å². The molecule has 0 N–H and O–H groups in total. The van der Waals surface area contributed by atoms with Gasteiger partial charge < -0.3 is 14.2 Å². The summed E-state index contributed by atoms with van der Waals surface area (Å²) in [5.74, 6) is 1.47. The Morgan fingerprint density at radius 1 is 1.35 bits per heavy atom. The second kappa shape index (κ2) is 6.01. The van der Waals surface area contributed by atoms with Crippen LogP contribution in [-0.2, 0) is 11.3 Å². The summed E-state index contributed by atoms with van der Waals surface area (Å²) in [7, 11) is 3.69. The number of carbonyl (C=O) groups is 1. The molecular weight excluding hydrogens is 330 g/mol. The molecule has 0 spiro atoms. The van der Waals surface area contributed by atoms with Gasteiger partial charge in [-0.25, -0.2) is 4.68 Å². The highest BCUT2D eigenvalue weighted by molar-refractivity contribution is 5.96. The van der Waals surface area contributed by atoms with Gasteiger partial charge in [0.05, 0.1) is 18.2 Å². The molecule has 0 radical (unpaired) electrons. The van der Waals surface area contributed by atoms with E-state index in [2.05, 4.69) is 10.1 Å². The minimum Gasteiger partial charge on any atom is -0.459 e. The van der Waals surface area contributed by atoms with Crippen LogP contribution in [0.3, 0.4) is 0 Å². The van der Waals surface area contributed by atoms with Crippen LogP contribution in [0.25, 0.3) is 11.0 Å². The van der Waals surface area contributed by atoms with Gasteiger partial charge in [0.2, 0.25) is 5.95 Å². The van der Waals surface area contributed by atoms with E-state index in [1.165, 1.54) is 6.33 Å². The third-order valence-electron chi connectivity index (χ3n) is 4.98. The van der Waals surface area contributed by atoms with Crippen LogP contribution in [0.5, 0.6) is 0 Å². The van der Waals surface area contributed by atoms with Gasteiger partial charge in [0.15, 0.2) is 0 Å². The average molecular weight is 351 g/mol. The standard InChI is InChI=1S/C19H21N5O2/c1-12-17(13(2)24-19(23(12)4)20-11-21-24)18(25)22(3)10-15-9-14-7-5-6-8-16(14)26-15/h5-9,11,13H,10H2,1-4H3. The second-order valence-corrected chi connectivity index (χ2v) is 6.65. The molecule has 7 heteroatoms. The Hall–Kier alpha value is -3.09. The zero-order valence-electron chi connectivity index (χ0n) is 15.3. The van der Waals surface area contributed by atoms with Crippen molar-refractivity contribution in [3.05, 3.63) is 53.7 Å². The second-order valence-electron chi connectivity index (χ2n) is 6.65. The Morgan fingerprint density at radius 2 is 2.12 bits per heavy atom. The lowest BCUT2D eigenvalue weighted by molar-refractivity contribution is -0.127. The Labute approximate surface area is 151 Å². The number of anilines is 1. The molecule has 1 aliphatic rings. The van der Waals surface area contributed by atoms with Gasteiger partial charge in [-0.3, -0.25) is 4.79 Å². The highest BCUT2D eigenvalue weighted by Gasteiger charge is 2.33. The number of hydrogen-bond acceptors (Lipinski definition) is 5. The number of aromatic nitrogens is 3. The maximum absolute atomic E-state index is 13.2. The van der Waals surface area contributed by atoms with Crippen molar-refractivity contribution in [2.24, 2.45) is 0 Å². The van der Waals surface area contributed by atoms with Crippen molar-refractivity contribution < 1.29 is 9.21 Å². The van der Waals surface area contributed by atoms with Crippen molar-refractivity contribution in [3.8, 4) is 0 Å². The van der Waals surface area contributed by atoms with Gasteiger partial charge in [-0.2, -0.15) is 10.1 Å². The Morgan fingerprint density at radius 3 is 2.88 bits per heavy atom. The van der Waals surface area contributed by atoms with E-state index >= 15 is 0 Å². The third kappa shape index (κ3) is 2.47. The summed E-state index contributed by atoms with van der Waals surface area (Å²) in [6.07, 6.45) is 1.52. The molecule has 1 aliphatic heterocycles. The number of para-hydroxylation sites is 1. The van der Waals surface area contributed by atoms with E-state index in [0.717, 1.165) is 28.4 Å². The Kier molecular flexibility index (Phi) is 3.79. The molecule has 1 atom stereocenters. The number of hydrogen-bond donors (Lipinski definition) is 0. The zero-order valence-corrected chi connectivity index (χ0v) is 15.3. The molecule has 0 saturated carbocycles. The van der Waals surface area contributed by atoms with Crippen molar-refractivity contribution in [3.63, 3.8) is 0 Å². The first-order chi connectivity index (χ1) is 12.5. The molecule has 134 valence electrons. The smallest absolute Gasteiger partial charge is 0.253 e. The lowest BCUT2D eigenvalue weighted by Gasteiger charge is -2.33. The fourth-order valence-corrected chi connectivity index (χ4v) is 3.47. The van der Waals surface area contributed by atoms with E-state index in [9.17, 15) is 4.79 Å². The maximum Gasteiger partial charge on any atom is 0.253 e. The Balaban J connectivity index is 1.61. The van der Waals surface area contributed by atoms with Crippen LogP contribution < -0.4 is 4.90 Å². The van der Waals surface area contributed by atoms with E-state index in [4.69, 9.17) is 4.42 Å². The van der Waals surface area contributed by atoms with E-state index in [1.807, 2.05) is 56.1 Å². The number of nitrogens with zero attached hydrogens (tertiary/aromatic N) is 5. The predicted molar refractivity (Wildman–Crippen MR) is 98.5 cm³/mol. The number of allylic oxidation sites excluding steroid dienone is 1. The topological polar surface area (TPSA) is 67.4 Å². The molecule has 3 aromatic rings. The lowest BCUT2D eigenvalue weighted by Crippen LogP contribution is -2.37. The molecule has 1 amide bonds. The first-order valence-electron chi connectivity index (χ1n) is 8.54. The molecule has 3 heterocycles. The summed E-state index contributed by atoms with van der Waals surface area (Å²) in [5.41, 5.74) is 2.43. The summed E-state index contributed by atoms with van der Waals surface area (Å²) in [4.78, 5) is 21.0. The SMILES string of the molecule is CC1=C(C(=O)N(C)Cc2cc3ccccc3o2)C(C)n2ncnc2N1C. The number of carbonyl (C=O) groups excluding carboxylic acids is 1. The summed E-state index contributed by atoms with van der Waals surface area (Å²) < 4.78 is 7.62.